The molecule has 4 rings (SSSR count). The monoisotopic (exact) mass is 355 g/mol. The molecule has 2 aromatic carbocycles. The molecule has 1 heterocycles. The first-order valence-electron chi connectivity index (χ1n) is 8.76. The highest BCUT2D eigenvalue weighted by Gasteiger charge is 2.52. The van der Waals surface area contributed by atoms with Crippen LogP contribution in [0.15, 0.2) is 36.4 Å². The van der Waals surface area contributed by atoms with Crippen LogP contribution in [0.1, 0.15) is 50.2 Å². The third kappa shape index (κ3) is 2.45. The summed E-state index contributed by atoms with van der Waals surface area (Å²) in [5.41, 5.74) is 2.90. The number of carbonyl (C=O) groups is 2. The Labute approximate surface area is 150 Å². The molecule has 1 saturated carbocycles. The second kappa shape index (κ2) is 6.01. The minimum atomic E-state index is -2.38. The predicted octanol–water partition coefficient (Wildman–Crippen LogP) is 4.31. The molecular formula is C21H19F2NO2. The molecule has 26 heavy (non-hydrogen) atoms. The molecule has 1 fully saturated rings. The molecule has 0 bridgehead atoms. The van der Waals surface area contributed by atoms with Gasteiger partial charge in [-0.15, -0.1) is 0 Å². The van der Waals surface area contributed by atoms with Gasteiger partial charge in [-0.1, -0.05) is 24.3 Å². The van der Waals surface area contributed by atoms with Gasteiger partial charge >= 0.3 is 0 Å². The molecule has 5 heteroatoms. The van der Waals surface area contributed by atoms with Crippen LogP contribution in [0.25, 0.3) is 0 Å². The number of benzene rings is 2. The molecule has 0 N–H and O–H groups in total. The van der Waals surface area contributed by atoms with Crippen molar-refractivity contribution in [3.63, 3.8) is 0 Å². The molecule has 1 aliphatic carbocycles. The van der Waals surface area contributed by atoms with Crippen molar-refractivity contribution < 1.29 is 18.4 Å². The Kier molecular flexibility index (Phi) is 3.90. The molecule has 0 aromatic heterocycles. The van der Waals surface area contributed by atoms with Crippen LogP contribution in [0, 0.1) is 6.92 Å². The number of aldehydes is 1. The number of halogens is 2. The Morgan fingerprint density at radius 1 is 1.19 bits per heavy atom. The Hall–Kier alpha value is -2.56. The lowest BCUT2D eigenvalue weighted by atomic mass is 9.89. The van der Waals surface area contributed by atoms with Gasteiger partial charge in [-0.05, 0) is 55.0 Å². The van der Waals surface area contributed by atoms with Crippen molar-refractivity contribution in [1.82, 2.24) is 0 Å². The third-order valence-corrected chi connectivity index (χ3v) is 5.68. The van der Waals surface area contributed by atoms with Crippen molar-refractivity contribution in [2.45, 2.75) is 38.0 Å². The smallest absolute Gasteiger partial charge is 0.258 e. The first kappa shape index (κ1) is 16.9. The van der Waals surface area contributed by atoms with Crippen molar-refractivity contribution in [1.29, 1.82) is 0 Å². The maximum atomic E-state index is 13.4. The zero-order chi connectivity index (χ0) is 18.5. The number of rotatable bonds is 4. The van der Waals surface area contributed by atoms with Crippen LogP contribution >= 0.6 is 0 Å². The van der Waals surface area contributed by atoms with Crippen LogP contribution in [0.2, 0.25) is 0 Å². The number of alkyl halides is 2. The summed E-state index contributed by atoms with van der Waals surface area (Å²) in [6, 6.07) is 10.5. The lowest BCUT2D eigenvalue weighted by Gasteiger charge is -2.30. The number of carbonyl (C=O) groups excluding carboxylic acids is 2. The zero-order valence-electron chi connectivity index (χ0n) is 14.5. The molecule has 0 spiro atoms. The molecule has 0 saturated heterocycles. The van der Waals surface area contributed by atoms with E-state index in [-0.39, 0.29) is 5.91 Å². The average Bonchev–Trinajstić information content (AvgIpc) is 3.44. The quantitative estimate of drug-likeness (QED) is 0.767. The molecule has 0 radical (unpaired) electrons. The van der Waals surface area contributed by atoms with Gasteiger partial charge in [-0.25, -0.2) is 8.78 Å². The molecule has 2 aliphatic rings. The normalized spacial score (nSPS) is 18.0. The number of fused-ring (bicyclic) bond motifs is 1. The fourth-order valence-corrected chi connectivity index (χ4v) is 3.85. The maximum Gasteiger partial charge on any atom is 0.258 e. The van der Waals surface area contributed by atoms with Crippen molar-refractivity contribution in [2.75, 3.05) is 11.4 Å². The van der Waals surface area contributed by atoms with Gasteiger partial charge in [0, 0.05) is 17.7 Å². The summed E-state index contributed by atoms with van der Waals surface area (Å²) in [7, 11) is 0. The molecule has 134 valence electrons. The van der Waals surface area contributed by atoms with Gasteiger partial charge in [-0.2, -0.15) is 0 Å². The first-order valence-corrected chi connectivity index (χ1v) is 8.76. The van der Waals surface area contributed by atoms with E-state index in [2.05, 4.69) is 0 Å². The van der Waals surface area contributed by atoms with Crippen molar-refractivity contribution in [3.8, 4) is 0 Å². The lowest BCUT2D eigenvalue weighted by molar-refractivity contribution is 0.0980. The first-order chi connectivity index (χ1) is 12.5. The highest BCUT2D eigenvalue weighted by Crippen LogP contribution is 2.53. The van der Waals surface area contributed by atoms with E-state index in [1.54, 1.807) is 29.2 Å². The summed E-state index contributed by atoms with van der Waals surface area (Å²) in [4.78, 5) is 26.0. The molecular weight excluding hydrogens is 336 g/mol. The Morgan fingerprint density at radius 2 is 1.96 bits per heavy atom. The van der Waals surface area contributed by atoms with Crippen molar-refractivity contribution in [2.24, 2.45) is 0 Å². The molecule has 0 unspecified atom stereocenters. The SMILES string of the molecule is Cc1cccc(N2CCc3cc(C4(C(F)F)CC4)ccc3C2=O)c1C=O. The van der Waals surface area contributed by atoms with E-state index >= 15 is 0 Å². The Bertz CT molecular complexity index is 903. The zero-order valence-corrected chi connectivity index (χ0v) is 14.5. The van der Waals surface area contributed by atoms with Crippen LogP contribution in [0.4, 0.5) is 14.5 Å². The van der Waals surface area contributed by atoms with Gasteiger partial charge in [0.1, 0.15) is 0 Å². The van der Waals surface area contributed by atoms with Crippen molar-refractivity contribution >= 4 is 17.9 Å². The lowest BCUT2D eigenvalue weighted by Crippen LogP contribution is -2.38. The van der Waals surface area contributed by atoms with Crippen LogP contribution in [0.5, 0.6) is 0 Å². The van der Waals surface area contributed by atoms with Gasteiger partial charge in [-0.3, -0.25) is 9.59 Å². The van der Waals surface area contributed by atoms with E-state index in [9.17, 15) is 18.4 Å². The average molecular weight is 355 g/mol. The van der Waals surface area contributed by atoms with Crippen LogP contribution in [0.3, 0.4) is 0 Å². The van der Waals surface area contributed by atoms with Gasteiger partial charge in [0.25, 0.3) is 5.91 Å². The van der Waals surface area contributed by atoms with E-state index in [1.165, 1.54) is 0 Å². The van der Waals surface area contributed by atoms with Crippen LogP contribution in [-0.4, -0.2) is 25.2 Å². The van der Waals surface area contributed by atoms with Crippen LogP contribution < -0.4 is 4.90 Å². The highest BCUT2D eigenvalue weighted by atomic mass is 19.3. The van der Waals surface area contributed by atoms with E-state index in [4.69, 9.17) is 0 Å². The summed E-state index contributed by atoms with van der Waals surface area (Å²) >= 11 is 0. The number of aryl methyl sites for hydroxylation is 1. The predicted molar refractivity (Wildman–Crippen MR) is 95.3 cm³/mol. The van der Waals surface area contributed by atoms with Gasteiger partial charge in [0.2, 0.25) is 6.43 Å². The number of amides is 1. The van der Waals surface area contributed by atoms with E-state index in [0.717, 1.165) is 17.4 Å². The summed E-state index contributed by atoms with van der Waals surface area (Å²) in [6.07, 6.45) is -0.0274. The Balaban J connectivity index is 1.70. The fraction of sp³-hybridized carbons (Fsp3) is 0.333. The minimum absolute atomic E-state index is 0.187. The van der Waals surface area contributed by atoms with E-state index in [0.29, 0.717) is 48.2 Å². The van der Waals surface area contributed by atoms with Gasteiger partial charge < -0.3 is 4.90 Å². The summed E-state index contributed by atoms with van der Waals surface area (Å²) in [6.45, 7) is 2.27. The fourth-order valence-electron chi connectivity index (χ4n) is 3.85. The Morgan fingerprint density at radius 3 is 2.62 bits per heavy atom. The highest BCUT2D eigenvalue weighted by molar-refractivity contribution is 6.10. The van der Waals surface area contributed by atoms with Gasteiger partial charge in [0.15, 0.2) is 6.29 Å². The summed E-state index contributed by atoms with van der Waals surface area (Å²) in [5.74, 6) is -0.187. The van der Waals surface area contributed by atoms with E-state index in [1.807, 2.05) is 19.1 Å². The maximum absolute atomic E-state index is 13.4. The summed E-state index contributed by atoms with van der Waals surface area (Å²) in [5, 5.41) is 0. The van der Waals surface area contributed by atoms with Crippen molar-refractivity contribution in [3.05, 3.63) is 64.2 Å². The van der Waals surface area contributed by atoms with E-state index < -0.39 is 11.8 Å². The standard InChI is InChI=1S/C21H19F2NO2/c1-13-3-2-4-18(17(13)12-25)24-10-7-14-11-15(5-6-16(14)19(24)26)21(8-9-21)20(22)23/h2-6,11-12,20H,7-10H2,1H3. The minimum Gasteiger partial charge on any atom is -0.307 e. The molecule has 1 amide bonds. The summed E-state index contributed by atoms with van der Waals surface area (Å²) < 4.78 is 26.7. The second-order valence-corrected chi connectivity index (χ2v) is 7.16. The third-order valence-electron chi connectivity index (χ3n) is 5.68. The second-order valence-electron chi connectivity index (χ2n) is 7.16. The molecule has 2 aromatic rings. The number of anilines is 1. The molecule has 0 atom stereocenters. The molecule has 3 nitrogen and oxygen atoms in total. The largest absolute Gasteiger partial charge is 0.307 e. The topological polar surface area (TPSA) is 37.4 Å². The number of hydrogen-bond donors (Lipinski definition) is 0. The number of hydrogen-bond acceptors (Lipinski definition) is 2. The molecule has 1 aliphatic heterocycles. The number of nitrogens with zero attached hydrogens (tertiary/aromatic N) is 1. The van der Waals surface area contributed by atoms with Crippen LogP contribution in [-0.2, 0) is 11.8 Å². The van der Waals surface area contributed by atoms with Gasteiger partial charge in [0.05, 0.1) is 11.1 Å².